The zero-order valence-electron chi connectivity index (χ0n) is 13.9. The first kappa shape index (κ1) is 22.6. The van der Waals surface area contributed by atoms with Crippen LogP contribution in [-0.4, -0.2) is 11.9 Å². The van der Waals surface area contributed by atoms with Crippen LogP contribution in [0.1, 0.15) is 48.9 Å². The van der Waals surface area contributed by atoms with Gasteiger partial charge in [-0.2, -0.15) is 0 Å². The summed E-state index contributed by atoms with van der Waals surface area (Å²) in [5.74, 6) is -5.02. The molecular weight excluding hydrogens is 258 g/mol. The van der Waals surface area contributed by atoms with Gasteiger partial charge in [-0.25, -0.2) is 0 Å². The molecule has 0 saturated heterocycles. The first-order chi connectivity index (χ1) is 8.55. The van der Waals surface area contributed by atoms with Gasteiger partial charge in [0, 0.05) is 0 Å². The summed E-state index contributed by atoms with van der Waals surface area (Å²) in [6.45, 7) is 9.52. The van der Waals surface area contributed by atoms with Gasteiger partial charge >= 0.3 is 37.7 Å². The van der Waals surface area contributed by atoms with E-state index in [4.69, 9.17) is 0 Å². The van der Waals surface area contributed by atoms with Crippen LogP contribution in [0.5, 0.6) is 0 Å². The van der Waals surface area contributed by atoms with Crippen LogP contribution in [-0.2, 0) is 15.0 Å². The van der Waals surface area contributed by atoms with Crippen molar-refractivity contribution in [3.8, 4) is 0 Å². The number of carboxylic acid groups (broad SMARTS) is 2. The molecule has 104 valence electrons. The molecule has 1 aromatic carbocycles. The van der Waals surface area contributed by atoms with Crippen LogP contribution in [0.4, 0.5) is 0 Å². The molecule has 0 radical (unpaired) electrons. The summed E-state index contributed by atoms with van der Waals surface area (Å²) < 4.78 is 0. The summed E-state index contributed by atoms with van der Waals surface area (Å²) in [6, 6.07) is 3.64. The van der Waals surface area contributed by atoms with E-state index in [-0.39, 0.29) is 48.7 Å². The Morgan fingerprint density at radius 1 is 0.952 bits per heavy atom. The van der Waals surface area contributed by atoms with Crippen LogP contribution in [0.25, 0.3) is 0 Å². The van der Waals surface area contributed by atoms with E-state index in [1.165, 1.54) is 0 Å². The maximum atomic E-state index is 11.0. The van der Waals surface area contributed by atoms with E-state index in [0.717, 1.165) is 5.56 Å². The number of hydrogen-bond acceptors (Lipinski definition) is 4. The van der Waals surface area contributed by atoms with Gasteiger partial charge in [-0.1, -0.05) is 32.9 Å². The standard InChI is InChI=1S/C15H20O4.2Li/c1-8-6-10(15(3,4)5)7-9(2)11(8)12(13(16)17)14(18)19;;/h6-7,12H,1-5H3,(H,16,17)(H,18,19);;/q;2*+1/p-2. The molecule has 0 unspecified atom stereocenters. The number of carbonyl (C=O) groups is 2. The van der Waals surface area contributed by atoms with E-state index < -0.39 is 17.9 Å². The van der Waals surface area contributed by atoms with Gasteiger partial charge in [0.15, 0.2) is 0 Å². The van der Waals surface area contributed by atoms with Gasteiger partial charge in [-0.3, -0.25) is 0 Å². The van der Waals surface area contributed by atoms with Crippen molar-refractivity contribution in [1.82, 2.24) is 0 Å². The van der Waals surface area contributed by atoms with Gasteiger partial charge in [-0.15, -0.1) is 0 Å². The quantitative estimate of drug-likeness (QED) is 0.407. The predicted octanol–water partition coefficient (Wildman–Crippen LogP) is -5.81. The molecule has 1 aromatic rings. The van der Waals surface area contributed by atoms with E-state index >= 15 is 0 Å². The average molecular weight is 276 g/mol. The monoisotopic (exact) mass is 276 g/mol. The zero-order valence-corrected chi connectivity index (χ0v) is 13.9. The van der Waals surface area contributed by atoms with Crippen LogP contribution >= 0.6 is 0 Å². The van der Waals surface area contributed by atoms with Gasteiger partial charge < -0.3 is 19.8 Å². The van der Waals surface area contributed by atoms with Crippen LogP contribution < -0.4 is 47.9 Å². The SMILES string of the molecule is Cc1cc(C(C)(C)C)cc(C)c1C(C(=O)[O-])C(=O)[O-].[Li+].[Li+]. The second kappa shape index (κ2) is 8.11. The Morgan fingerprint density at radius 3 is 1.52 bits per heavy atom. The summed E-state index contributed by atoms with van der Waals surface area (Å²) in [6.07, 6.45) is 0. The molecule has 4 nitrogen and oxygen atoms in total. The Morgan fingerprint density at radius 2 is 1.29 bits per heavy atom. The Labute approximate surface area is 149 Å². The molecule has 0 aliphatic heterocycles. The van der Waals surface area contributed by atoms with Crippen LogP contribution in [0.3, 0.4) is 0 Å². The maximum Gasteiger partial charge on any atom is 1.00 e. The fraction of sp³-hybridized carbons (Fsp3) is 0.467. The second-order valence-corrected chi connectivity index (χ2v) is 5.84. The first-order valence-corrected chi connectivity index (χ1v) is 6.09. The molecule has 1 rings (SSSR count). The van der Waals surface area contributed by atoms with Crippen molar-refractivity contribution in [2.75, 3.05) is 0 Å². The molecule has 21 heavy (non-hydrogen) atoms. The van der Waals surface area contributed by atoms with Gasteiger partial charge in [0.05, 0.1) is 17.9 Å². The molecule has 6 heteroatoms. The van der Waals surface area contributed by atoms with Crippen molar-refractivity contribution in [3.05, 3.63) is 34.4 Å². The predicted molar refractivity (Wildman–Crippen MR) is 67.4 cm³/mol. The molecular formula is C15H18Li2O4. The number of aliphatic carboxylic acids is 2. The van der Waals surface area contributed by atoms with Gasteiger partial charge in [0.25, 0.3) is 0 Å². The van der Waals surface area contributed by atoms with Crippen LogP contribution in [0.2, 0.25) is 0 Å². The fourth-order valence-corrected chi connectivity index (χ4v) is 2.19. The largest absolute Gasteiger partial charge is 1.00 e. The van der Waals surface area contributed by atoms with E-state index in [2.05, 4.69) is 0 Å². The van der Waals surface area contributed by atoms with Crippen molar-refractivity contribution in [2.45, 2.75) is 46.0 Å². The Kier molecular flexibility index (Phi) is 8.74. The minimum absolute atomic E-state index is 0. The summed E-state index contributed by atoms with van der Waals surface area (Å²) in [4.78, 5) is 22.0. The zero-order chi connectivity index (χ0) is 15.0. The number of carbonyl (C=O) groups excluding carboxylic acids is 2. The Hall–Kier alpha value is -0.645. The topological polar surface area (TPSA) is 80.3 Å². The fourth-order valence-electron chi connectivity index (χ4n) is 2.19. The van der Waals surface area contributed by atoms with E-state index in [0.29, 0.717) is 11.1 Å². The van der Waals surface area contributed by atoms with E-state index in [9.17, 15) is 19.8 Å². The van der Waals surface area contributed by atoms with E-state index in [1.54, 1.807) is 13.8 Å². The molecule has 0 saturated carbocycles. The number of aryl methyl sites for hydroxylation is 2. The Balaban J connectivity index is 0. The van der Waals surface area contributed by atoms with Crippen molar-refractivity contribution >= 4 is 11.9 Å². The molecule has 0 N–H and O–H groups in total. The van der Waals surface area contributed by atoms with Gasteiger partial charge in [-0.05, 0) is 41.5 Å². The van der Waals surface area contributed by atoms with Gasteiger partial charge in [0.1, 0.15) is 0 Å². The molecule has 0 aromatic heterocycles. The van der Waals surface area contributed by atoms with Crippen LogP contribution in [0.15, 0.2) is 12.1 Å². The molecule has 0 bridgehead atoms. The molecule has 0 spiro atoms. The number of benzene rings is 1. The molecule has 0 heterocycles. The number of carboxylic acids is 2. The third kappa shape index (κ3) is 5.24. The number of hydrogen-bond donors (Lipinski definition) is 0. The van der Waals surface area contributed by atoms with E-state index in [1.807, 2.05) is 32.9 Å². The minimum atomic E-state index is -1.73. The molecule has 0 atom stereocenters. The normalized spacial score (nSPS) is 10.6. The average Bonchev–Trinajstić information content (AvgIpc) is 2.20. The minimum Gasteiger partial charge on any atom is -0.549 e. The van der Waals surface area contributed by atoms with Crippen molar-refractivity contribution in [2.24, 2.45) is 0 Å². The second-order valence-electron chi connectivity index (χ2n) is 5.84. The number of rotatable bonds is 3. The molecule has 0 aliphatic carbocycles. The van der Waals surface area contributed by atoms with Gasteiger partial charge in [0.2, 0.25) is 0 Å². The van der Waals surface area contributed by atoms with Crippen molar-refractivity contribution in [1.29, 1.82) is 0 Å². The molecule has 0 aliphatic rings. The summed E-state index contributed by atoms with van der Waals surface area (Å²) in [5.41, 5.74) is 2.45. The Bertz CT molecular complexity index is 496. The third-order valence-corrected chi connectivity index (χ3v) is 3.22. The van der Waals surface area contributed by atoms with Crippen LogP contribution in [0, 0.1) is 13.8 Å². The third-order valence-electron chi connectivity index (χ3n) is 3.22. The smallest absolute Gasteiger partial charge is 0.549 e. The van der Waals surface area contributed by atoms with Crippen molar-refractivity contribution in [3.63, 3.8) is 0 Å². The first-order valence-electron chi connectivity index (χ1n) is 6.09. The molecule has 0 fully saturated rings. The van der Waals surface area contributed by atoms with Crippen molar-refractivity contribution < 1.29 is 57.5 Å². The summed E-state index contributed by atoms with van der Waals surface area (Å²) in [5, 5.41) is 22.0. The molecule has 0 amide bonds. The maximum absolute atomic E-state index is 11.0. The summed E-state index contributed by atoms with van der Waals surface area (Å²) >= 11 is 0. The summed E-state index contributed by atoms with van der Waals surface area (Å²) in [7, 11) is 0.